The van der Waals surface area contributed by atoms with Crippen molar-refractivity contribution < 1.29 is 14.3 Å². The van der Waals surface area contributed by atoms with Crippen molar-refractivity contribution in [2.75, 3.05) is 18.5 Å². The second kappa shape index (κ2) is 7.52. The number of carbonyl (C=O) groups is 2. The van der Waals surface area contributed by atoms with Crippen LogP contribution >= 0.6 is 11.3 Å². The molecule has 2 aromatic carbocycles. The van der Waals surface area contributed by atoms with Crippen molar-refractivity contribution in [1.29, 1.82) is 0 Å². The summed E-state index contributed by atoms with van der Waals surface area (Å²) in [6, 6.07) is 15.4. The van der Waals surface area contributed by atoms with Gasteiger partial charge in [0, 0.05) is 29.4 Å². The smallest absolute Gasteiger partial charge is 0.265 e. The first-order valence-corrected chi connectivity index (χ1v) is 10.9. The van der Waals surface area contributed by atoms with E-state index in [2.05, 4.69) is 5.32 Å². The van der Waals surface area contributed by atoms with Crippen LogP contribution in [0, 0.1) is 0 Å². The Morgan fingerprint density at radius 3 is 2.90 bits per heavy atom. The molecule has 2 aliphatic rings. The van der Waals surface area contributed by atoms with Crippen molar-refractivity contribution in [2.24, 2.45) is 0 Å². The first-order chi connectivity index (χ1) is 14.2. The van der Waals surface area contributed by atoms with E-state index in [0.29, 0.717) is 28.5 Å². The largest absolute Gasteiger partial charge is 0.493 e. The summed E-state index contributed by atoms with van der Waals surface area (Å²) in [4.78, 5) is 28.6. The van der Waals surface area contributed by atoms with E-state index in [4.69, 9.17) is 4.74 Å². The van der Waals surface area contributed by atoms with Gasteiger partial charge in [-0.25, -0.2) is 0 Å². The van der Waals surface area contributed by atoms with E-state index < -0.39 is 0 Å². The summed E-state index contributed by atoms with van der Waals surface area (Å²) in [5.41, 5.74) is 1.14. The molecule has 2 amide bonds. The summed E-state index contributed by atoms with van der Waals surface area (Å²) >= 11 is 1.46. The SMILES string of the molecule is O=C(Nc1ccc2c(c1)C(=O)N1CCCC[C@H]1CCO2)c1cc2ccccc2s1. The van der Waals surface area contributed by atoms with E-state index in [1.54, 1.807) is 18.2 Å². The third-order valence-electron chi connectivity index (χ3n) is 5.71. The van der Waals surface area contributed by atoms with Gasteiger partial charge in [-0.15, -0.1) is 11.3 Å². The van der Waals surface area contributed by atoms with Crippen LogP contribution in [0.3, 0.4) is 0 Å². The number of ether oxygens (including phenoxy) is 1. The lowest BCUT2D eigenvalue weighted by molar-refractivity contribution is 0.0548. The lowest BCUT2D eigenvalue weighted by atomic mass is 9.97. The van der Waals surface area contributed by atoms with Crippen LogP contribution in [-0.4, -0.2) is 35.9 Å². The van der Waals surface area contributed by atoms with Crippen LogP contribution in [0.15, 0.2) is 48.5 Å². The Hall–Kier alpha value is -2.86. The molecule has 0 bridgehead atoms. The highest BCUT2D eigenvalue weighted by molar-refractivity contribution is 7.20. The molecular weight excluding hydrogens is 384 g/mol. The number of thiophene rings is 1. The quantitative estimate of drug-likeness (QED) is 0.656. The molecule has 29 heavy (non-hydrogen) atoms. The molecule has 0 radical (unpaired) electrons. The summed E-state index contributed by atoms with van der Waals surface area (Å²) in [5, 5.41) is 4.00. The molecule has 5 nitrogen and oxygen atoms in total. The zero-order valence-corrected chi connectivity index (χ0v) is 16.8. The molecule has 0 spiro atoms. The van der Waals surface area contributed by atoms with Gasteiger partial charge in [0.15, 0.2) is 0 Å². The van der Waals surface area contributed by atoms with Gasteiger partial charge in [-0.2, -0.15) is 0 Å². The fourth-order valence-electron chi connectivity index (χ4n) is 4.21. The molecule has 1 atom stereocenters. The van der Waals surface area contributed by atoms with Crippen LogP contribution in [0.4, 0.5) is 5.69 Å². The van der Waals surface area contributed by atoms with Crippen LogP contribution in [-0.2, 0) is 0 Å². The lowest BCUT2D eigenvalue weighted by Gasteiger charge is -2.37. The Kier molecular flexibility index (Phi) is 4.72. The van der Waals surface area contributed by atoms with Gasteiger partial charge in [-0.3, -0.25) is 9.59 Å². The number of nitrogens with zero attached hydrogens (tertiary/aromatic N) is 1. The highest BCUT2D eigenvalue weighted by atomic mass is 32.1. The Balaban J connectivity index is 1.42. The van der Waals surface area contributed by atoms with Gasteiger partial charge in [-0.05, 0) is 55.0 Å². The summed E-state index contributed by atoms with van der Waals surface area (Å²) in [6.45, 7) is 1.40. The monoisotopic (exact) mass is 406 g/mol. The van der Waals surface area contributed by atoms with Gasteiger partial charge in [0.25, 0.3) is 11.8 Å². The maximum Gasteiger partial charge on any atom is 0.265 e. The van der Waals surface area contributed by atoms with E-state index in [1.807, 2.05) is 35.2 Å². The highest BCUT2D eigenvalue weighted by Crippen LogP contribution is 2.31. The number of amides is 2. The Labute approximate surface area is 173 Å². The topological polar surface area (TPSA) is 58.6 Å². The van der Waals surface area contributed by atoms with Crippen molar-refractivity contribution in [3.63, 3.8) is 0 Å². The average molecular weight is 407 g/mol. The molecule has 0 saturated carbocycles. The van der Waals surface area contributed by atoms with Crippen molar-refractivity contribution in [1.82, 2.24) is 4.90 Å². The number of carbonyl (C=O) groups excluding carboxylic acids is 2. The van der Waals surface area contributed by atoms with Gasteiger partial charge in [0.2, 0.25) is 0 Å². The molecule has 2 aliphatic heterocycles. The standard InChI is InChI=1S/C23H22N2O3S/c26-22(21-13-15-5-1-2-7-20(15)29-21)24-16-8-9-19-18(14-16)23(27)25-11-4-3-6-17(25)10-12-28-19/h1-2,5,7-9,13-14,17H,3-4,6,10-12H2,(H,24,26)/t17-/m0/s1. The number of hydrogen-bond acceptors (Lipinski definition) is 4. The van der Waals surface area contributed by atoms with Crippen LogP contribution in [0.25, 0.3) is 10.1 Å². The van der Waals surface area contributed by atoms with Crippen LogP contribution < -0.4 is 10.1 Å². The fourth-order valence-corrected chi connectivity index (χ4v) is 5.17. The summed E-state index contributed by atoms with van der Waals surface area (Å²) in [6.07, 6.45) is 4.11. The summed E-state index contributed by atoms with van der Waals surface area (Å²) in [7, 11) is 0. The minimum Gasteiger partial charge on any atom is -0.493 e. The molecule has 0 unspecified atom stereocenters. The third-order valence-corrected chi connectivity index (χ3v) is 6.83. The molecule has 0 aliphatic carbocycles. The van der Waals surface area contributed by atoms with Gasteiger partial charge in [-0.1, -0.05) is 18.2 Å². The van der Waals surface area contributed by atoms with Crippen LogP contribution in [0.2, 0.25) is 0 Å². The first kappa shape index (κ1) is 18.2. The van der Waals surface area contributed by atoms with Gasteiger partial charge in [0.05, 0.1) is 17.0 Å². The molecule has 3 heterocycles. The van der Waals surface area contributed by atoms with Crippen molar-refractivity contribution in [3.05, 3.63) is 59.0 Å². The summed E-state index contributed by atoms with van der Waals surface area (Å²) < 4.78 is 6.95. The van der Waals surface area contributed by atoms with Crippen molar-refractivity contribution in [3.8, 4) is 5.75 Å². The van der Waals surface area contributed by atoms with E-state index in [0.717, 1.165) is 42.3 Å². The van der Waals surface area contributed by atoms with Crippen molar-refractivity contribution in [2.45, 2.75) is 31.7 Å². The molecule has 1 aromatic heterocycles. The normalized spacial score (nSPS) is 19.0. The minimum atomic E-state index is -0.166. The fraction of sp³-hybridized carbons (Fsp3) is 0.304. The maximum absolute atomic E-state index is 13.2. The minimum absolute atomic E-state index is 0.00219. The van der Waals surface area contributed by atoms with Gasteiger partial charge >= 0.3 is 0 Å². The number of piperidine rings is 1. The molecule has 1 fully saturated rings. The number of hydrogen-bond donors (Lipinski definition) is 1. The van der Waals surface area contributed by atoms with E-state index in [1.165, 1.54) is 11.3 Å². The van der Waals surface area contributed by atoms with E-state index in [-0.39, 0.29) is 17.9 Å². The Bertz CT molecular complexity index is 1060. The zero-order valence-electron chi connectivity index (χ0n) is 16.0. The summed E-state index contributed by atoms with van der Waals surface area (Å²) in [5.74, 6) is 0.433. The van der Waals surface area contributed by atoms with Crippen LogP contribution in [0.5, 0.6) is 5.75 Å². The van der Waals surface area contributed by atoms with Gasteiger partial charge in [0.1, 0.15) is 5.75 Å². The molecule has 6 heteroatoms. The van der Waals surface area contributed by atoms with E-state index >= 15 is 0 Å². The number of anilines is 1. The second-order valence-electron chi connectivity index (χ2n) is 7.60. The van der Waals surface area contributed by atoms with E-state index in [9.17, 15) is 9.59 Å². The maximum atomic E-state index is 13.2. The average Bonchev–Trinajstić information content (AvgIpc) is 3.18. The number of nitrogens with one attached hydrogen (secondary N) is 1. The molecule has 3 aromatic rings. The number of fused-ring (bicyclic) bond motifs is 3. The molecular formula is C23H22N2O3S. The number of benzene rings is 2. The molecule has 1 saturated heterocycles. The first-order valence-electron chi connectivity index (χ1n) is 10.1. The predicted octanol–water partition coefficient (Wildman–Crippen LogP) is 4.93. The second-order valence-corrected chi connectivity index (χ2v) is 8.68. The third kappa shape index (κ3) is 3.49. The molecule has 148 valence electrons. The Morgan fingerprint density at radius 2 is 2.00 bits per heavy atom. The highest BCUT2D eigenvalue weighted by Gasteiger charge is 2.31. The number of rotatable bonds is 2. The zero-order chi connectivity index (χ0) is 19.8. The van der Waals surface area contributed by atoms with Gasteiger partial charge < -0.3 is 15.0 Å². The Morgan fingerprint density at radius 1 is 1.10 bits per heavy atom. The lowest BCUT2D eigenvalue weighted by Crippen LogP contribution is -2.45. The van der Waals surface area contributed by atoms with Crippen molar-refractivity contribution >= 4 is 38.9 Å². The molecule has 5 rings (SSSR count). The molecule has 1 N–H and O–H groups in total. The predicted molar refractivity (Wildman–Crippen MR) is 115 cm³/mol. The van der Waals surface area contributed by atoms with Crippen LogP contribution in [0.1, 0.15) is 45.7 Å².